The normalized spacial score (nSPS) is 61.6. The van der Waals surface area contributed by atoms with Crippen molar-refractivity contribution in [2.45, 2.75) is 68.7 Å². The van der Waals surface area contributed by atoms with Crippen molar-refractivity contribution >= 4 is 0 Å². The highest BCUT2D eigenvalue weighted by molar-refractivity contribution is 5.35. The number of ether oxygens (including phenoxy) is 3. The van der Waals surface area contributed by atoms with Crippen molar-refractivity contribution in [3.05, 3.63) is 0 Å². The maximum Gasteiger partial charge on any atom is 0.0796 e. The molecule has 6 aliphatic rings. The number of piperidine rings is 1. The molecule has 7 nitrogen and oxygen atoms in total. The van der Waals surface area contributed by atoms with Crippen molar-refractivity contribution in [2.75, 3.05) is 41.0 Å². The largest absolute Gasteiger partial charge is 0.392 e. The molecule has 176 valence electrons. The average molecular weight is 438 g/mol. The Bertz CT molecular complexity index is 752. The molecule has 6 fully saturated rings. The van der Waals surface area contributed by atoms with Gasteiger partial charge in [-0.3, -0.25) is 4.90 Å². The van der Waals surface area contributed by atoms with E-state index in [9.17, 15) is 15.3 Å². The van der Waals surface area contributed by atoms with Gasteiger partial charge in [-0.15, -0.1) is 0 Å². The molecule has 6 rings (SSSR count). The van der Waals surface area contributed by atoms with Crippen LogP contribution < -0.4 is 0 Å². The number of hydrogen-bond donors (Lipinski definition) is 3. The monoisotopic (exact) mass is 437 g/mol. The predicted octanol–water partition coefficient (Wildman–Crippen LogP) is 0.502. The van der Waals surface area contributed by atoms with Gasteiger partial charge in [0.2, 0.25) is 0 Å². The molecule has 1 heterocycles. The average Bonchev–Trinajstić information content (AvgIpc) is 3.16. The summed E-state index contributed by atoms with van der Waals surface area (Å²) in [7, 11) is 5.24. The summed E-state index contributed by atoms with van der Waals surface area (Å²) in [4.78, 5) is 2.52. The van der Waals surface area contributed by atoms with E-state index in [1.807, 2.05) is 0 Å². The predicted molar refractivity (Wildman–Crippen MR) is 112 cm³/mol. The molecule has 0 aromatic rings. The van der Waals surface area contributed by atoms with Gasteiger partial charge in [0, 0.05) is 74.8 Å². The van der Waals surface area contributed by atoms with Crippen LogP contribution in [0.15, 0.2) is 0 Å². The first kappa shape index (κ1) is 21.3. The summed E-state index contributed by atoms with van der Waals surface area (Å²) in [5, 5.41) is 35.7. The molecule has 0 aromatic carbocycles. The Morgan fingerprint density at radius 3 is 2.52 bits per heavy atom. The first-order chi connectivity index (χ1) is 14.9. The lowest BCUT2D eigenvalue weighted by Crippen LogP contribution is -2.76. The Hall–Kier alpha value is -0.280. The van der Waals surface area contributed by atoms with Crippen LogP contribution in [0.3, 0.4) is 0 Å². The van der Waals surface area contributed by atoms with Crippen molar-refractivity contribution in [3.63, 3.8) is 0 Å². The Labute approximate surface area is 185 Å². The van der Waals surface area contributed by atoms with E-state index in [0.29, 0.717) is 13.0 Å². The molecule has 3 N–H and O–H groups in total. The van der Waals surface area contributed by atoms with Gasteiger partial charge in [-0.1, -0.05) is 6.92 Å². The van der Waals surface area contributed by atoms with Crippen LogP contribution in [-0.4, -0.2) is 97.3 Å². The van der Waals surface area contributed by atoms with Gasteiger partial charge in [-0.25, -0.2) is 0 Å². The van der Waals surface area contributed by atoms with Crippen molar-refractivity contribution < 1.29 is 29.5 Å². The second kappa shape index (κ2) is 6.65. The molecule has 4 unspecified atom stereocenters. The molecular weight excluding hydrogens is 398 g/mol. The minimum Gasteiger partial charge on any atom is -0.392 e. The van der Waals surface area contributed by atoms with Crippen molar-refractivity contribution in [3.8, 4) is 0 Å². The fourth-order valence-electron chi connectivity index (χ4n) is 10.7. The zero-order valence-corrected chi connectivity index (χ0v) is 19.2. The Morgan fingerprint density at radius 2 is 1.87 bits per heavy atom. The number of aliphatic hydroxyl groups excluding tert-OH is 2. The van der Waals surface area contributed by atoms with E-state index < -0.39 is 17.8 Å². The SMILES string of the molecule is CCN1C[C@]2(COC)CC[C@H](O)[C@]34C5C[C@H]6[C@@H](OC)C[C@@](O)(C5[C@H]6O)[C@@H](C13)[C@H](OC)C24. The van der Waals surface area contributed by atoms with Gasteiger partial charge >= 0.3 is 0 Å². The van der Waals surface area contributed by atoms with E-state index in [2.05, 4.69) is 11.8 Å². The van der Waals surface area contributed by atoms with Gasteiger partial charge in [0.25, 0.3) is 0 Å². The Balaban J connectivity index is 1.62. The fourth-order valence-corrected chi connectivity index (χ4v) is 10.7. The molecule has 5 saturated carbocycles. The first-order valence-electron chi connectivity index (χ1n) is 12.2. The molecule has 7 heteroatoms. The smallest absolute Gasteiger partial charge is 0.0796 e. The van der Waals surface area contributed by atoms with Crippen LogP contribution in [0.2, 0.25) is 0 Å². The molecule has 7 bridgehead atoms. The zero-order valence-electron chi connectivity index (χ0n) is 19.2. The minimum atomic E-state index is -1.05. The van der Waals surface area contributed by atoms with E-state index in [0.717, 1.165) is 32.4 Å². The second-order valence-electron chi connectivity index (χ2n) is 11.6. The van der Waals surface area contributed by atoms with Gasteiger partial charge in [0.15, 0.2) is 0 Å². The van der Waals surface area contributed by atoms with Crippen LogP contribution in [0.25, 0.3) is 0 Å². The molecular formula is C24H39NO6. The third-order valence-corrected chi connectivity index (χ3v) is 11.1. The standard InChI is InChI=1S/C24H39NO6/c1-5-25-10-22(11-29-2)7-6-15(26)24-13-8-12-14(30-3)9-23(28,16(13)18(12)27)17(21(24)25)19(31-4)20(22)24/h12-21,26-28H,5-11H2,1-4H3/t12-,13?,14-,15-,16?,17+,18-,19-,20?,21?,22-,23+,24-/m0/s1. The molecule has 31 heavy (non-hydrogen) atoms. The highest BCUT2D eigenvalue weighted by Gasteiger charge is 2.86. The quantitative estimate of drug-likeness (QED) is 0.577. The Kier molecular flexibility index (Phi) is 4.56. The van der Waals surface area contributed by atoms with E-state index in [-0.39, 0.29) is 58.7 Å². The third kappa shape index (κ3) is 2.12. The topological polar surface area (TPSA) is 91.6 Å². The van der Waals surface area contributed by atoms with Crippen molar-refractivity contribution in [1.82, 2.24) is 4.90 Å². The number of hydrogen-bond acceptors (Lipinski definition) is 7. The van der Waals surface area contributed by atoms with Gasteiger partial charge in [-0.2, -0.15) is 0 Å². The summed E-state index contributed by atoms with van der Waals surface area (Å²) >= 11 is 0. The lowest BCUT2D eigenvalue weighted by Gasteiger charge is -2.68. The lowest BCUT2D eigenvalue weighted by atomic mass is 9.43. The van der Waals surface area contributed by atoms with Crippen LogP contribution >= 0.6 is 0 Å². The Morgan fingerprint density at radius 1 is 1.10 bits per heavy atom. The van der Waals surface area contributed by atoms with Crippen molar-refractivity contribution in [2.24, 2.45) is 40.4 Å². The van der Waals surface area contributed by atoms with Crippen LogP contribution in [0, 0.1) is 40.4 Å². The van der Waals surface area contributed by atoms with Gasteiger partial charge in [0.05, 0.1) is 36.6 Å². The number of nitrogens with zero attached hydrogens (tertiary/aromatic N) is 1. The molecule has 0 amide bonds. The zero-order chi connectivity index (χ0) is 21.9. The fraction of sp³-hybridized carbons (Fsp3) is 1.00. The third-order valence-electron chi connectivity index (χ3n) is 11.1. The maximum absolute atomic E-state index is 12.5. The van der Waals surface area contributed by atoms with Gasteiger partial charge in [0.1, 0.15) is 0 Å². The molecule has 1 aliphatic heterocycles. The molecule has 13 atom stereocenters. The first-order valence-corrected chi connectivity index (χ1v) is 12.2. The summed E-state index contributed by atoms with van der Waals surface area (Å²) in [6, 6.07) is 0.0561. The van der Waals surface area contributed by atoms with E-state index in [4.69, 9.17) is 14.2 Å². The summed E-state index contributed by atoms with van der Waals surface area (Å²) in [5.41, 5.74) is -1.54. The minimum absolute atomic E-state index is 0.0248. The number of aliphatic hydroxyl groups is 3. The highest BCUT2D eigenvalue weighted by atomic mass is 16.5. The summed E-state index contributed by atoms with van der Waals surface area (Å²) in [5.74, 6) is -0.168. The summed E-state index contributed by atoms with van der Waals surface area (Å²) in [6.45, 7) is 4.63. The number of likely N-dealkylation sites (tertiary alicyclic amines) is 1. The van der Waals surface area contributed by atoms with Crippen LogP contribution in [0.5, 0.6) is 0 Å². The van der Waals surface area contributed by atoms with Crippen LogP contribution in [0.4, 0.5) is 0 Å². The van der Waals surface area contributed by atoms with Crippen LogP contribution in [-0.2, 0) is 14.2 Å². The molecule has 0 aromatic heterocycles. The van der Waals surface area contributed by atoms with Crippen LogP contribution in [0.1, 0.15) is 32.6 Å². The van der Waals surface area contributed by atoms with E-state index in [1.165, 1.54) is 0 Å². The molecule has 1 saturated heterocycles. The maximum atomic E-state index is 12.5. The summed E-state index contributed by atoms with van der Waals surface area (Å²) in [6.07, 6.45) is 1.65. The molecule has 1 spiro atoms. The second-order valence-corrected chi connectivity index (χ2v) is 11.6. The van der Waals surface area contributed by atoms with Crippen molar-refractivity contribution in [1.29, 1.82) is 0 Å². The van der Waals surface area contributed by atoms with Gasteiger partial charge < -0.3 is 29.5 Å². The number of methoxy groups -OCH3 is 3. The highest BCUT2D eigenvalue weighted by Crippen LogP contribution is 2.79. The van der Waals surface area contributed by atoms with E-state index in [1.54, 1.807) is 21.3 Å². The lowest BCUT2D eigenvalue weighted by molar-refractivity contribution is -0.272. The van der Waals surface area contributed by atoms with E-state index >= 15 is 0 Å². The van der Waals surface area contributed by atoms with Gasteiger partial charge in [-0.05, 0) is 31.7 Å². The molecule has 5 aliphatic carbocycles. The molecule has 0 radical (unpaired) electrons. The summed E-state index contributed by atoms with van der Waals surface area (Å²) < 4.78 is 18.0. The number of fused-ring (bicyclic) bond motifs is 2. The number of rotatable bonds is 5.